The SMILES string of the molecule is Cc1cccc(-n2nnc(CCN)n2)c1C. The highest BCUT2D eigenvalue weighted by Gasteiger charge is 2.07. The molecule has 0 saturated carbocycles. The predicted octanol–water partition coefficient (Wildman–Crippen LogP) is 0.780. The molecular weight excluding hydrogens is 202 g/mol. The molecule has 0 unspecified atom stereocenters. The Morgan fingerprint density at radius 1 is 1.31 bits per heavy atom. The fourth-order valence-electron chi connectivity index (χ4n) is 1.53. The number of aryl methyl sites for hydroxylation is 1. The van der Waals surface area contributed by atoms with E-state index in [2.05, 4.69) is 35.3 Å². The fourth-order valence-corrected chi connectivity index (χ4v) is 1.53. The zero-order valence-corrected chi connectivity index (χ0v) is 9.51. The molecule has 1 aromatic carbocycles. The molecule has 0 radical (unpaired) electrons. The summed E-state index contributed by atoms with van der Waals surface area (Å²) in [6, 6.07) is 6.04. The van der Waals surface area contributed by atoms with Gasteiger partial charge in [0.05, 0.1) is 5.69 Å². The van der Waals surface area contributed by atoms with Crippen molar-refractivity contribution in [2.24, 2.45) is 5.73 Å². The zero-order chi connectivity index (χ0) is 11.5. The largest absolute Gasteiger partial charge is 0.330 e. The zero-order valence-electron chi connectivity index (χ0n) is 9.51. The van der Waals surface area contributed by atoms with Gasteiger partial charge < -0.3 is 5.73 Å². The second-order valence-electron chi connectivity index (χ2n) is 3.75. The Bertz CT molecular complexity index is 489. The summed E-state index contributed by atoms with van der Waals surface area (Å²) in [4.78, 5) is 1.56. The molecule has 2 N–H and O–H groups in total. The van der Waals surface area contributed by atoms with E-state index < -0.39 is 0 Å². The molecule has 0 atom stereocenters. The minimum Gasteiger partial charge on any atom is -0.330 e. The summed E-state index contributed by atoms with van der Waals surface area (Å²) >= 11 is 0. The Morgan fingerprint density at radius 3 is 2.88 bits per heavy atom. The number of nitrogens with two attached hydrogens (primary N) is 1. The van der Waals surface area contributed by atoms with E-state index in [0.29, 0.717) is 18.8 Å². The summed E-state index contributed by atoms with van der Waals surface area (Å²) in [7, 11) is 0. The van der Waals surface area contributed by atoms with Crippen LogP contribution in [0.2, 0.25) is 0 Å². The molecule has 0 aliphatic heterocycles. The number of nitrogens with zero attached hydrogens (tertiary/aromatic N) is 4. The van der Waals surface area contributed by atoms with Crippen LogP contribution in [0.4, 0.5) is 0 Å². The highest BCUT2D eigenvalue weighted by molar-refractivity contribution is 5.42. The van der Waals surface area contributed by atoms with E-state index >= 15 is 0 Å². The number of hydrogen-bond donors (Lipinski definition) is 1. The molecule has 2 rings (SSSR count). The van der Waals surface area contributed by atoms with Gasteiger partial charge in [0.2, 0.25) is 0 Å². The molecule has 84 valence electrons. The third-order valence-corrected chi connectivity index (χ3v) is 2.61. The van der Waals surface area contributed by atoms with Gasteiger partial charge >= 0.3 is 0 Å². The van der Waals surface area contributed by atoms with E-state index in [9.17, 15) is 0 Å². The minimum absolute atomic E-state index is 0.540. The summed E-state index contributed by atoms with van der Waals surface area (Å²) in [5.74, 6) is 0.684. The van der Waals surface area contributed by atoms with Crippen LogP contribution in [0.5, 0.6) is 0 Å². The molecule has 1 heterocycles. The predicted molar refractivity (Wildman–Crippen MR) is 61.4 cm³/mol. The fraction of sp³-hybridized carbons (Fsp3) is 0.364. The van der Waals surface area contributed by atoms with Crippen molar-refractivity contribution in [2.45, 2.75) is 20.3 Å². The second kappa shape index (κ2) is 4.40. The summed E-state index contributed by atoms with van der Waals surface area (Å²) in [5, 5.41) is 12.3. The molecule has 1 aromatic heterocycles. The smallest absolute Gasteiger partial charge is 0.176 e. The van der Waals surface area contributed by atoms with E-state index in [-0.39, 0.29) is 0 Å². The number of rotatable bonds is 3. The van der Waals surface area contributed by atoms with Crippen LogP contribution in [-0.4, -0.2) is 26.8 Å². The average Bonchev–Trinajstić information content (AvgIpc) is 2.71. The van der Waals surface area contributed by atoms with Crippen LogP contribution >= 0.6 is 0 Å². The van der Waals surface area contributed by atoms with Crippen molar-refractivity contribution in [2.75, 3.05) is 6.54 Å². The summed E-state index contributed by atoms with van der Waals surface area (Å²) < 4.78 is 0. The van der Waals surface area contributed by atoms with Gasteiger partial charge in [0.25, 0.3) is 0 Å². The molecule has 5 heteroatoms. The van der Waals surface area contributed by atoms with Crippen molar-refractivity contribution in [3.05, 3.63) is 35.2 Å². The lowest BCUT2D eigenvalue weighted by Crippen LogP contribution is -2.06. The number of aromatic nitrogens is 4. The Kier molecular flexibility index (Phi) is 2.96. The molecular formula is C11H15N5. The monoisotopic (exact) mass is 217 g/mol. The second-order valence-corrected chi connectivity index (χ2v) is 3.75. The summed E-state index contributed by atoms with van der Waals surface area (Å²) in [5.41, 5.74) is 8.80. The first-order valence-electron chi connectivity index (χ1n) is 5.28. The first kappa shape index (κ1) is 10.8. The lowest BCUT2D eigenvalue weighted by Gasteiger charge is -2.05. The van der Waals surface area contributed by atoms with E-state index in [4.69, 9.17) is 5.73 Å². The van der Waals surface area contributed by atoms with Gasteiger partial charge in [-0.25, -0.2) is 0 Å². The van der Waals surface area contributed by atoms with Gasteiger partial charge in [-0.1, -0.05) is 12.1 Å². The molecule has 2 aromatic rings. The molecule has 0 bridgehead atoms. The Balaban J connectivity index is 2.39. The van der Waals surface area contributed by atoms with Crippen LogP contribution in [0, 0.1) is 13.8 Å². The standard InChI is InChI=1S/C11H15N5/c1-8-4-3-5-10(9(8)2)16-14-11(6-7-12)13-15-16/h3-5H,6-7,12H2,1-2H3. The summed E-state index contributed by atoms with van der Waals surface area (Å²) in [6.45, 7) is 4.66. The normalized spacial score (nSPS) is 10.7. The Morgan fingerprint density at radius 2 is 2.12 bits per heavy atom. The van der Waals surface area contributed by atoms with Crippen LogP contribution in [0.3, 0.4) is 0 Å². The van der Waals surface area contributed by atoms with E-state index in [1.807, 2.05) is 12.1 Å². The van der Waals surface area contributed by atoms with Crippen LogP contribution in [-0.2, 0) is 6.42 Å². The molecule has 0 aliphatic carbocycles. The Hall–Kier alpha value is -1.75. The number of benzene rings is 1. The molecule has 0 saturated heterocycles. The average molecular weight is 217 g/mol. The molecule has 5 nitrogen and oxygen atoms in total. The lowest BCUT2D eigenvalue weighted by atomic mass is 10.1. The van der Waals surface area contributed by atoms with E-state index in [1.165, 1.54) is 11.1 Å². The van der Waals surface area contributed by atoms with Crippen LogP contribution in [0.15, 0.2) is 18.2 Å². The van der Waals surface area contributed by atoms with Gasteiger partial charge in [-0.3, -0.25) is 0 Å². The van der Waals surface area contributed by atoms with Crippen LogP contribution in [0.1, 0.15) is 17.0 Å². The summed E-state index contributed by atoms with van der Waals surface area (Å²) in [6.07, 6.45) is 0.658. The van der Waals surface area contributed by atoms with Gasteiger partial charge in [-0.15, -0.1) is 15.0 Å². The molecule has 0 amide bonds. The van der Waals surface area contributed by atoms with Crippen LogP contribution < -0.4 is 5.73 Å². The third-order valence-electron chi connectivity index (χ3n) is 2.61. The highest BCUT2D eigenvalue weighted by atomic mass is 15.6. The van der Waals surface area contributed by atoms with Crippen molar-refractivity contribution in [3.8, 4) is 5.69 Å². The number of hydrogen-bond acceptors (Lipinski definition) is 4. The quantitative estimate of drug-likeness (QED) is 0.824. The lowest BCUT2D eigenvalue weighted by molar-refractivity contribution is 0.712. The van der Waals surface area contributed by atoms with Crippen molar-refractivity contribution in [3.63, 3.8) is 0 Å². The van der Waals surface area contributed by atoms with Gasteiger partial charge in [0, 0.05) is 6.42 Å². The topological polar surface area (TPSA) is 69.6 Å². The molecule has 0 spiro atoms. The Labute approximate surface area is 94.3 Å². The van der Waals surface area contributed by atoms with Gasteiger partial charge in [0.1, 0.15) is 0 Å². The van der Waals surface area contributed by atoms with Gasteiger partial charge in [0.15, 0.2) is 5.82 Å². The molecule has 16 heavy (non-hydrogen) atoms. The van der Waals surface area contributed by atoms with E-state index in [0.717, 1.165) is 5.69 Å². The van der Waals surface area contributed by atoms with Gasteiger partial charge in [-0.2, -0.15) is 0 Å². The van der Waals surface area contributed by atoms with E-state index in [1.54, 1.807) is 4.80 Å². The first-order valence-corrected chi connectivity index (χ1v) is 5.28. The maximum atomic E-state index is 5.45. The molecule has 0 fully saturated rings. The molecule has 0 aliphatic rings. The van der Waals surface area contributed by atoms with Crippen molar-refractivity contribution in [1.29, 1.82) is 0 Å². The van der Waals surface area contributed by atoms with Crippen LogP contribution in [0.25, 0.3) is 5.69 Å². The first-order chi connectivity index (χ1) is 7.72. The van der Waals surface area contributed by atoms with Gasteiger partial charge in [-0.05, 0) is 42.8 Å². The van der Waals surface area contributed by atoms with Crippen molar-refractivity contribution >= 4 is 0 Å². The number of tetrazole rings is 1. The van der Waals surface area contributed by atoms with Crippen molar-refractivity contribution < 1.29 is 0 Å². The minimum atomic E-state index is 0.540. The maximum Gasteiger partial charge on any atom is 0.176 e. The third kappa shape index (κ3) is 1.94. The van der Waals surface area contributed by atoms with Crippen molar-refractivity contribution in [1.82, 2.24) is 20.2 Å². The highest BCUT2D eigenvalue weighted by Crippen LogP contribution is 2.15. The maximum absolute atomic E-state index is 5.45.